The quantitative estimate of drug-likeness (QED) is 0.829. The third-order valence-corrected chi connectivity index (χ3v) is 3.02. The number of aliphatic hydroxyl groups excluding tert-OH is 1. The Labute approximate surface area is 98.3 Å². The van der Waals surface area contributed by atoms with E-state index in [0.29, 0.717) is 6.61 Å². The molecule has 1 unspecified atom stereocenters. The van der Waals surface area contributed by atoms with Gasteiger partial charge in [-0.15, -0.1) is 0 Å². The van der Waals surface area contributed by atoms with Crippen LogP contribution < -0.4 is 4.74 Å². The highest BCUT2D eigenvalue weighted by molar-refractivity contribution is 5.43. The summed E-state index contributed by atoms with van der Waals surface area (Å²) in [5.74, 6) is 1.20. The van der Waals surface area contributed by atoms with Gasteiger partial charge in [0.1, 0.15) is 5.75 Å². The molecular weight excluding hydrogens is 200 g/mol. The van der Waals surface area contributed by atoms with Gasteiger partial charge >= 0.3 is 0 Å². The van der Waals surface area contributed by atoms with Crippen molar-refractivity contribution in [1.29, 1.82) is 0 Å². The van der Waals surface area contributed by atoms with Crippen LogP contribution in [0.4, 0.5) is 0 Å². The number of benzene rings is 1. The van der Waals surface area contributed by atoms with E-state index in [9.17, 15) is 5.11 Å². The van der Waals surface area contributed by atoms with E-state index in [4.69, 9.17) is 4.74 Å². The van der Waals surface area contributed by atoms with Crippen molar-refractivity contribution in [3.63, 3.8) is 0 Å². The molecule has 0 aliphatic rings. The summed E-state index contributed by atoms with van der Waals surface area (Å²) in [6, 6.07) is 4.22. The molecular formula is C14H22O2. The van der Waals surface area contributed by atoms with Gasteiger partial charge in [0.2, 0.25) is 0 Å². The SMILES string of the molecule is CCOc1cc(C)c(C(CC)CO)cc1C. The molecule has 0 bridgehead atoms. The second-order valence-electron chi connectivity index (χ2n) is 4.20. The van der Waals surface area contributed by atoms with Crippen LogP contribution in [0.1, 0.15) is 42.9 Å². The van der Waals surface area contributed by atoms with Crippen LogP contribution in [-0.4, -0.2) is 18.3 Å². The average molecular weight is 222 g/mol. The lowest BCUT2D eigenvalue weighted by Gasteiger charge is -2.18. The van der Waals surface area contributed by atoms with Gasteiger partial charge in [-0.2, -0.15) is 0 Å². The summed E-state index contributed by atoms with van der Waals surface area (Å²) in [5, 5.41) is 9.34. The number of hydrogen-bond acceptors (Lipinski definition) is 2. The minimum absolute atomic E-state index is 0.213. The van der Waals surface area contributed by atoms with Gasteiger partial charge in [0.05, 0.1) is 6.61 Å². The Bertz CT molecular complexity index is 341. The van der Waals surface area contributed by atoms with Crippen molar-refractivity contribution in [2.24, 2.45) is 0 Å². The van der Waals surface area contributed by atoms with Crippen LogP contribution >= 0.6 is 0 Å². The lowest BCUT2D eigenvalue weighted by molar-refractivity contribution is 0.261. The Morgan fingerprint density at radius 2 is 1.88 bits per heavy atom. The van der Waals surface area contributed by atoms with Crippen LogP contribution in [0.3, 0.4) is 0 Å². The summed E-state index contributed by atoms with van der Waals surface area (Å²) in [7, 11) is 0. The number of rotatable bonds is 5. The molecule has 2 heteroatoms. The zero-order valence-electron chi connectivity index (χ0n) is 10.7. The van der Waals surface area contributed by atoms with E-state index in [1.807, 2.05) is 6.92 Å². The lowest BCUT2D eigenvalue weighted by atomic mass is 9.91. The summed E-state index contributed by atoms with van der Waals surface area (Å²) in [5.41, 5.74) is 3.59. The van der Waals surface area contributed by atoms with Crippen molar-refractivity contribution in [1.82, 2.24) is 0 Å². The average Bonchev–Trinajstić information content (AvgIpc) is 2.26. The largest absolute Gasteiger partial charge is 0.494 e. The Hall–Kier alpha value is -1.02. The predicted molar refractivity (Wildman–Crippen MR) is 67.2 cm³/mol. The summed E-state index contributed by atoms with van der Waals surface area (Å²) < 4.78 is 5.56. The predicted octanol–water partition coefficient (Wildman–Crippen LogP) is 3.19. The molecule has 0 heterocycles. The Balaban J connectivity index is 3.08. The van der Waals surface area contributed by atoms with Crippen molar-refractivity contribution < 1.29 is 9.84 Å². The Morgan fingerprint density at radius 3 is 2.38 bits per heavy atom. The third kappa shape index (κ3) is 2.76. The molecule has 0 saturated heterocycles. The smallest absolute Gasteiger partial charge is 0.122 e. The zero-order valence-corrected chi connectivity index (χ0v) is 10.7. The van der Waals surface area contributed by atoms with E-state index >= 15 is 0 Å². The van der Waals surface area contributed by atoms with Gasteiger partial charge in [0.25, 0.3) is 0 Å². The van der Waals surface area contributed by atoms with Crippen molar-refractivity contribution in [3.8, 4) is 5.75 Å². The maximum atomic E-state index is 9.34. The van der Waals surface area contributed by atoms with Gasteiger partial charge in [-0.25, -0.2) is 0 Å². The number of aryl methyl sites for hydroxylation is 2. The van der Waals surface area contributed by atoms with Crippen LogP contribution in [0.15, 0.2) is 12.1 Å². The molecule has 1 aromatic carbocycles. The first kappa shape index (κ1) is 13.0. The first-order valence-electron chi connectivity index (χ1n) is 5.98. The second-order valence-corrected chi connectivity index (χ2v) is 4.20. The first-order chi connectivity index (χ1) is 7.63. The Morgan fingerprint density at radius 1 is 1.19 bits per heavy atom. The van der Waals surface area contributed by atoms with Crippen molar-refractivity contribution in [2.75, 3.05) is 13.2 Å². The highest BCUT2D eigenvalue weighted by atomic mass is 16.5. The molecule has 0 spiro atoms. The molecule has 0 saturated carbocycles. The highest BCUT2D eigenvalue weighted by Crippen LogP contribution is 2.29. The molecule has 1 N–H and O–H groups in total. The van der Waals surface area contributed by atoms with E-state index in [1.54, 1.807) is 0 Å². The van der Waals surface area contributed by atoms with Crippen molar-refractivity contribution in [3.05, 3.63) is 28.8 Å². The lowest BCUT2D eigenvalue weighted by Crippen LogP contribution is -2.06. The second kappa shape index (κ2) is 5.90. The van der Waals surface area contributed by atoms with E-state index < -0.39 is 0 Å². The minimum atomic E-state index is 0.213. The van der Waals surface area contributed by atoms with Crippen LogP contribution in [0.5, 0.6) is 5.75 Å². The van der Waals surface area contributed by atoms with Crippen LogP contribution in [0.25, 0.3) is 0 Å². The third-order valence-electron chi connectivity index (χ3n) is 3.02. The topological polar surface area (TPSA) is 29.5 Å². The zero-order chi connectivity index (χ0) is 12.1. The van der Waals surface area contributed by atoms with Gasteiger partial charge in [0, 0.05) is 12.5 Å². The molecule has 1 aromatic rings. The first-order valence-corrected chi connectivity index (χ1v) is 5.98. The number of ether oxygens (including phenoxy) is 1. The van der Waals surface area contributed by atoms with E-state index in [1.165, 1.54) is 11.1 Å². The standard InChI is InChI=1S/C14H22O2/c1-5-12(9-15)13-7-11(4)14(16-6-2)8-10(13)3/h7-8,12,15H,5-6,9H2,1-4H3. The summed E-state index contributed by atoms with van der Waals surface area (Å²) in [6.45, 7) is 9.13. The summed E-state index contributed by atoms with van der Waals surface area (Å²) in [6.07, 6.45) is 0.963. The molecule has 0 aliphatic carbocycles. The molecule has 0 radical (unpaired) electrons. The number of aliphatic hydroxyl groups is 1. The molecule has 1 rings (SSSR count). The van der Waals surface area contributed by atoms with Gasteiger partial charge in [-0.05, 0) is 49.9 Å². The van der Waals surface area contributed by atoms with Gasteiger partial charge < -0.3 is 9.84 Å². The molecule has 0 amide bonds. The maximum absolute atomic E-state index is 9.34. The van der Waals surface area contributed by atoms with Crippen LogP contribution in [-0.2, 0) is 0 Å². The molecule has 90 valence electrons. The normalized spacial score (nSPS) is 12.6. The molecule has 16 heavy (non-hydrogen) atoms. The van der Waals surface area contributed by atoms with Gasteiger partial charge in [-0.3, -0.25) is 0 Å². The molecule has 0 aliphatic heterocycles. The molecule has 2 nitrogen and oxygen atoms in total. The van der Waals surface area contributed by atoms with E-state index in [2.05, 4.69) is 32.9 Å². The molecule has 1 atom stereocenters. The van der Waals surface area contributed by atoms with E-state index in [0.717, 1.165) is 17.7 Å². The van der Waals surface area contributed by atoms with Crippen molar-refractivity contribution >= 4 is 0 Å². The highest BCUT2D eigenvalue weighted by Gasteiger charge is 2.13. The van der Waals surface area contributed by atoms with Gasteiger partial charge in [-0.1, -0.05) is 13.0 Å². The van der Waals surface area contributed by atoms with Gasteiger partial charge in [0.15, 0.2) is 0 Å². The van der Waals surface area contributed by atoms with Crippen LogP contribution in [0.2, 0.25) is 0 Å². The molecule has 0 fully saturated rings. The molecule has 0 aromatic heterocycles. The fourth-order valence-corrected chi connectivity index (χ4v) is 2.01. The van der Waals surface area contributed by atoms with E-state index in [-0.39, 0.29) is 12.5 Å². The monoisotopic (exact) mass is 222 g/mol. The fraction of sp³-hybridized carbons (Fsp3) is 0.571. The maximum Gasteiger partial charge on any atom is 0.122 e. The Kier molecular flexibility index (Phi) is 4.81. The fourth-order valence-electron chi connectivity index (χ4n) is 2.01. The van der Waals surface area contributed by atoms with Crippen LogP contribution in [0, 0.1) is 13.8 Å². The minimum Gasteiger partial charge on any atom is -0.494 e. The number of hydrogen-bond donors (Lipinski definition) is 1. The summed E-state index contributed by atoms with van der Waals surface area (Å²) in [4.78, 5) is 0. The summed E-state index contributed by atoms with van der Waals surface area (Å²) >= 11 is 0. The van der Waals surface area contributed by atoms with Crippen molar-refractivity contribution in [2.45, 2.75) is 40.0 Å².